The van der Waals surface area contributed by atoms with Crippen molar-refractivity contribution >= 4 is 11.9 Å². The summed E-state index contributed by atoms with van der Waals surface area (Å²) in [6.45, 7) is 5.73. The van der Waals surface area contributed by atoms with Crippen LogP contribution in [0.25, 0.3) is 0 Å². The first-order chi connectivity index (χ1) is 11.0. The van der Waals surface area contributed by atoms with Crippen LogP contribution in [0.2, 0.25) is 0 Å². The molecule has 0 aliphatic carbocycles. The fourth-order valence-corrected chi connectivity index (χ4v) is 2.38. The molecule has 0 aromatic heterocycles. The Morgan fingerprint density at radius 3 is 2.04 bits per heavy atom. The van der Waals surface area contributed by atoms with Gasteiger partial charge in [0.1, 0.15) is 0 Å². The van der Waals surface area contributed by atoms with Crippen molar-refractivity contribution in [2.45, 2.75) is 91.0 Å². The maximum Gasteiger partial charge on any atom is 1.00 e. The van der Waals surface area contributed by atoms with E-state index in [1.54, 1.807) is 13.8 Å². The van der Waals surface area contributed by atoms with Crippen LogP contribution in [-0.4, -0.2) is 17.9 Å². The van der Waals surface area contributed by atoms with E-state index < -0.39 is 12.0 Å². The molecule has 0 saturated carbocycles. The average molecular weight is 347 g/mol. The molecule has 5 heteroatoms. The minimum Gasteiger partial charge on any atom is -0.548 e. The molecule has 0 aliphatic heterocycles. The molecule has 24 heavy (non-hydrogen) atoms. The summed E-state index contributed by atoms with van der Waals surface area (Å²) in [5.41, 5.74) is 0. The van der Waals surface area contributed by atoms with Crippen LogP contribution < -0.4 is 40.0 Å². The van der Waals surface area contributed by atoms with Gasteiger partial charge in [0, 0.05) is 6.42 Å². The molecule has 0 aliphatic rings. The summed E-state index contributed by atoms with van der Waals surface area (Å²) >= 11 is 0. The number of carbonyl (C=O) groups is 2. The van der Waals surface area contributed by atoms with E-state index in [0.29, 0.717) is 6.42 Å². The molecule has 1 amide bonds. The number of hydrogen-bond acceptors (Lipinski definition) is 3. The van der Waals surface area contributed by atoms with Gasteiger partial charge in [-0.3, -0.25) is 4.79 Å². The van der Waals surface area contributed by atoms with Crippen LogP contribution in [0.15, 0.2) is 12.2 Å². The van der Waals surface area contributed by atoms with Crippen LogP contribution in [0.4, 0.5) is 0 Å². The van der Waals surface area contributed by atoms with Gasteiger partial charge in [0.15, 0.2) is 0 Å². The van der Waals surface area contributed by atoms with Crippen LogP contribution in [0, 0.1) is 5.92 Å². The number of nitrogens with one attached hydrogen (secondary N) is 1. The molecule has 1 N–H and O–H groups in total. The summed E-state index contributed by atoms with van der Waals surface area (Å²) in [5.74, 6) is -1.55. The molecule has 0 radical (unpaired) electrons. The number of amides is 1. The SMILES string of the molecule is CCCC/C=C\CCCCCCCC(=O)N[C@H](C(=O)[O-])C(C)C.[Na+]. The molecule has 0 aromatic rings. The Kier molecular flexibility index (Phi) is 18.9. The maximum atomic E-state index is 11.7. The minimum atomic E-state index is -1.21. The number of rotatable bonds is 14. The van der Waals surface area contributed by atoms with E-state index in [2.05, 4.69) is 24.4 Å². The fraction of sp³-hybridized carbons (Fsp3) is 0.789. The third-order valence-corrected chi connectivity index (χ3v) is 3.90. The summed E-state index contributed by atoms with van der Waals surface area (Å²) in [4.78, 5) is 22.6. The number of unbranched alkanes of at least 4 members (excludes halogenated alkanes) is 7. The van der Waals surface area contributed by atoms with Crippen LogP contribution in [-0.2, 0) is 9.59 Å². The predicted octanol–water partition coefficient (Wildman–Crippen LogP) is 0.358. The number of aliphatic carboxylic acids is 1. The van der Waals surface area contributed by atoms with Gasteiger partial charge >= 0.3 is 29.6 Å². The molecule has 0 bridgehead atoms. The Bertz CT molecular complexity index is 357. The van der Waals surface area contributed by atoms with Crippen LogP contribution in [0.3, 0.4) is 0 Å². The quantitative estimate of drug-likeness (QED) is 0.280. The van der Waals surface area contributed by atoms with Gasteiger partial charge < -0.3 is 15.2 Å². The molecule has 0 spiro atoms. The van der Waals surface area contributed by atoms with Crippen molar-refractivity contribution in [1.29, 1.82) is 0 Å². The summed E-state index contributed by atoms with van der Waals surface area (Å²) < 4.78 is 0. The fourth-order valence-electron chi connectivity index (χ4n) is 2.38. The molecule has 134 valence electrons. The maximum absolute atomic E-state index is 11.7. The zero-order valence-electron chi connectivity index (χ0n) is 16.1. The Morgan fingerprint density at radius 2 is 1.50 bits per heavy atom. The van der Waals surface area contributed by atoms with E-state index in [0.717, 1.165) is 25.7 Å². The van der Waals surface area contributed by atoms with Crippen molar-refractivity contribution in [2.24, 2.45) is 5.92 Å². The van der Waals surface area contributed by atoms with E-state index in [1.165, 1.54) is 32.1 Å². The number of hydrogen-bond donors (Lipinski definition) is 1. The topological polar surface area (TPSA) is 69.2 Å². The molecule has 0 rings (SSSR count). The largest absolute Gasteiger partial charge is 1.00 e. The van der Waals surface area contributed by atoms with Crippen molar-refractivity contribution in [2.75, 3.05) is 0 Å². The summed E-state index contributed by atoms with van der Waals surface area (Å²) in [6, 6.07) is -0.887. The normalized spacial score (nSPS) is 12.2. The third kappa shape index (κ3) is 15.2. The standard InChI is InChI=1S/C19H35NO3.Na/c1-4-5-6-7-8-9-10-11-12-13-14-15-17(21)20-18(16(2)3)19(22)23;/h7-8,16,18H,4-6,9-15H2,1-3H3,(H,20,21)(H,22,23);/q;+1/p-1/b8-7-;/t18-;/m0./s1. The monoisotopic (exact) mass is 347 g/mol. The second-order valence-corrected chi connectivity index (χ2v) is 6.53. The Balaban J connectivity index is 0. The summed E-state index contributed by atoms with van der Waals surface area (Å²) in [5, 5.41) is 13.4. The first-order valence-corrected chi connectivity index (χ1v) is 9.14. The van der Waals surface area contributed by atoms with Gasteiger partial charge in [-0.1, -0.05) is 65.0 Å². The van der Waals surface area contributed by atoms with Crippen LogP contribution in [0.5, 0.6) is 0 Å². The second kappa shape index (κ2) is 17.5. The first-order valence-electron chi connectivity index (χ1n) is 9.14. The molecule has 1 atom stereocenters. The van der Waals surface area contributed by atoms with Crippen molar-refractivity contribution in [3.8, 4) is 0 Å². The van der Waals surface area contributed by atoms with Gasteiger partial charge in [-0.25, -0.2) is 0 Å². The van der Waals surface area contributed by atoms with Crippen molar-refractivity contribution < 1.29 is 44.3 Å². The van der Waals surface area contributed by atoms with E-state index in [9.17, 15) is 14.7 Å². The molecule has 0 saturated heterocycles. The third-order valence-electron chi connectivity index (χ3n) is 3.90. The van der Waals surface area contributed by atoms with E-state index in [-0.39, 0.29) is 41.4 Å². The Labute approximate surface area is 170 Å². The van der Waals surface area contributed by atoms with E-state index in [1.807, 2.05) is 0 Å². The van der Waals surface area contributed by atoms with Crippen molar-refractivity contribution in [1.82, 2.24) is 5.32 Å². The Hall–Kier alpha value is -0.320. The van der Waals surface area contributed by atoms with Crippen molar-refractivity contribution in [3.63, 3.8) is 0 Å². The number of carbonyl (C=O) groups excluding carboxylic acids is 2. The molecular formula is C19H34NNaO3. The van der Waals surface area contributed by atoms with Gasteiger partial charge in [-0.05, 0) is 31.6 Å². The summed E-state index contributed by atoms with van der Waals surface area (Å²) in [6.07, 6.45) is 15.2. The van der Waals surface area contributed by atoms with E-state index in [4.69, 9.17) is 0 Å². The number of carboxylic acid groups (broad SMARTS) is 1. The number of allylic oxidation sites excluding steroid dienone is 2. The zero-order chi connectivity index (χ0) is 17.5. The van der Waals surface area contributed by atoms with Gasteiger partial charge in [0.2, 0.25) is 5.91 Å². The first kappa shape index (κ1) is 25.9. The van der Waals surface area contributed by atoms with Gasteiger partial charge in [0.05, 0.1) is 12.0 Å². The van der Waals surface area contributed by atoms with E-state index >= 15 is 0 Å². The average Bonchev–Trinajstić information content (AvgIpc) is 2.49. The molecule has 4 nitrogen and oxygen atoms in total. The van der Waals surface area contributed by atoms with Crippen LogP contribution in [0.1, 0.15) is 85.0 Å². The van der Waals surface area contributed by atoms with Crippen molar-refractivity contribution in [3.05, 3.63) is 12.2 Å². The number of carboxylic acids is 1. The smallest absolute Gasteiger partial charge is 0.548 e. The van der Waals surface area contributed by atoms with Gasteiger partial charge in [-0.15, -0.1) is 0 Å². The Morgan fingerprint density at radius 1 is 0.958 bits per heavy atom. The molecule has 0 heterocycles. The van der Waals surface area contributed by atoms with Gasteiger partial charge in [0.25, 0.3) is 0 Å². The van der Waals surface area contributed by atoms with Crippen LogP contribution >= 0.6 is 0 Å². The predicted molar refractivity (Wildman–Crippen MR) is 92.8 cm³/mol. The zero-order valence-corrected chi connectivity index (χ0v) is 18.1. The molecule has 0 aromatic carbocycles. The molecular weight excluding hydrogens is 313 g/mol. The summed E-state index contributed by atoms with van der Waals surface area (Å²) in [7, 11) is 0. The minimum absolute atomic E-state index is 0. The molecule has 0 fully saturated rings. The second-order valence-electron chi connectivity index (χ2n) is 6.53. The molecule has 0 unspecified atom stereocenters. The van der Waals surface area contributed by atoms with Gasteiger partial charge in [-0.2, -0.15) is 0 Å².